The summed E-state index contributed by atoms with van der Waals surface area (Å²) in [6.07, 6.45) is 0.172. The topological polar surface area (TPSA) is 66.8 Å². The van der Waals surface area contributed by atoms with Crippen molar-refractivity contribution >= 4 is 25.5 Å². The van der Waals surface area contributed by atoms with Crippen LogP contribution in [-0.2, 0) is 16.0 Å². The Kier molecular flexibility index (Phi) is 7.66. The number of rotatable bonds is 4. The van der Waals surface area contributed by atoms with E-state index in [0.29, 0.717) is 12.8 Å². The van der Waals surface area contributed by atoms with Crippen molar-refractivity contribution in [2.24, 2.45) is 5.92 Å². The summed E-state index contributed by atoms with van der Waals surface area (Å²) in [4.78, 5) is 26.3. The van der Waals surface area contributed by atoms with Gasteiger partial charge in [-0.2, -0.15) is 13.5 Å². The highest BCUT2D eigenvalue weighted by atomic mass is 32.1. The van der Waals surface area contributed by atoms with Crippen molar-refractivity contribution in [3.05, 3.63) is 59.9 Å². The molecule has 2 aromatic rings. The van der Waals surface area contributed by atoms with Crippen molar-refractivity contribution in [1.82, 2.24) is 4.90 Å². The predicted octanol–water partition coefficient (Wildman–Crippen LogP) is 4.29. The number of amides is 2. The summed E-state index contributed by atoms with van der Waals surface area (Å²) in [6.45, 7) is 4.94. The molecule has 0 bridgehead atoms. The van der Waals surface area contributed by atoms with E-state index in [2.05, 4.69) is 0 Å². The molecule has 1 unspecified atom stereocenters. The maximum absolute atomic E-state index is 13.4. The summed E-state index contributed by atoms with van der Waals surface area (Å²) in [5, 5.41) is 9.51. The van der Waals surface area contributed by atoms with E-state index in [1.54, 1.807) is 26.8 Å². The number of ether oxygens (including phenoxy) is 1. The SMILES string of the molecule is CC(C)(C)OC(=O)N1C(=O)C(CO)C[C@H]1Cc1ccc(-c2cccc(F)c2)cc1.S. The number of hydrogen-bond donors (Lipinski definition) is 1. The first-order valence-electron chi connectivity index (χ1n) is 9.70. The van der Waals surface area contributed by atoms with E-state index in [4.69, 9.17) is 4.74 Å². The number of aliphatic hydroxyl groups is 1. The van der Waals surface area contributed by atoms with Crippen LogP contribution in [0.25, 0.3) is 11.1 Å². The molecule has 30 heavy (non-hydrogen) atoms. The first-order chi connectivity index (χ1) is 13.7. The molecule has 5 nitrogen and oxygen atoms in total. The molecule has 0 radical (unpaired) electrons. The Morgan fingerprint density at radius 1 is 1.17 bits per heavy atom. The average Bonchev–Trinajstić information content (AvgIpc) is 2.96. The van der Waals surface area contributed by atoms with Crippen LogP contribution in [0.1, 0.15) is 32.8 Å². The predicted molar refractivity (Wildman–Crippen MR) is 118 cm³/mol. The zero-order valence-electron chi connectivity index (χ0n) is 17.4. The minimum absolute atomic E-state index is 0. The third-order valence-corrected chi connectivity index (χ3v) is 4.90. The van der Waals surface area contributed by atoms with Crippen molar-refractivity contribution in [3.63, 3.8) is 0 Å². The first kappa shape index (κ1) is 23.9. The Hall–Kier alpha value is -2.38. The van der Waals surface area contributed by atoms with Gasteiger partial charge in [0.05, 0.1) is 12.5 Å². The number of nitrogens with zero attached hydrogens (tertiary/aromatic N) is 1. The standard InChI is InChI=1S/C23H26FNO4.H2S/c1-23(2,3)29-22(28)25-20(13-18(14-26)21(25)27)11-15-7-9-16(10-8-15)17-5-4-6-19(24)12-17;/h4-10,12,18,20,26H,11,13-14H2,1-3H3;1H2/t18?,20-;/m1./s1. The highest BCUT2D eigenvalue weighted by Gasteiger charge is 2.44. The molecule has 0 spiro atoms. The molecule has 2 amide bonds. The van der Waals surface area contributed by atoms with E-state index >= 15 is 0 Å². The lowest BCUT2D eigenvalue weighted by Crippen LogP contribution is -2.43. The maximum Gasteiger partial charge on any atom is 0.417 e. The Balaban J connectivity index is 0.00000320. The number of imide groups is 1. The average molecular weight is 434 g/mol. The van der Waals surface area contributed by atoms with Gasteiger partial charge in [-0.15, -0.1) is 0 Å². The van der Waals surface area contributed by atoms with Crippen molar-refractivity contribution in [3.8, 4) is 11.1 Å². The molecule has 1 fully saturated rings. The molecule has 0 aromatic heterocycles. The van der Waals surface area contributed by atoms with Gasteiger partial charge >= 0.3 is 6.09 Å². The Morgan fingerprint density at radius 3 is 2.40 bits per heavy atom. The molecule has 1 saturated heterocycles. The maximum atomic E-state index is 13.4. The lowest BCUT2D eigenvalue weighted by Gasteiger charge is -2.27. The highest BCUT2D eigenvalue weighted by Crippen LogP contribution is 2.30. The number of hydrogen-bond acceptors (Lipinski definition) is 4. The second kappa shape index (κ2) is 9.62. The summed E-state index contributed by atoms with van der Waals surface area (Å²) in [5.41, 5.74) is 1.89. The van der Waals surface area contributed by atoms with Crippen LogP contribution < -0.4 is 0 Å². The third-order valence-electron chi connectivity index (χ3n) is 4.90. The van der Waals surface area contributed by atoms with Crippen molar-refractivity contribution in [2.45, 2.75) is 45.3 Å². The van der Waals surface area contributed by atoms with Crippen LogP contribution in [0.15, 0.2) is 48.5 Å². The third kappa shape index (κ3) is 5.61. The van der Waals surface area contributed by atoms with Crippen molar-refractivity contribution < 1.29 is 23.8 Å². The normalized spacial score (nSPS) is 18.8. The van der Waals surface area contributed by atoms with Crippen molar-refractivity contribution in [1.29, 1.82) is 0 Å². The van der Waals surface area contributed by atoms with E-state index < -0.39 is 23.5 Å². The molecular weight excluding hydrogens is 405 g/mol. The molecular formula is C23H28FNO4S. The molecule has 0 aliphatic carbocycles. The molecule has 0 saturated carbocycles. The van der Waals surface area contributed by atoms with Crippen molar-refractivity contribution in [2.75, 3.05) is 6.61 Å². The smallest absolute Gasteiger partial charge is 0.417 e. The molecule has 1 heterocycles. The Bertz CT molecular complexity index is 895. The second-order valence-electron chi connectivity index (χ2n) is 8.37. The number of carbonyl (C=O) groups excluding carboxylic acids is 2. The van der Waals surface area contributed by atoms with Crippen LogP contribution in [0.2, 0.25) is 0 Å². The summed E-state index contributed by atoms with van der Waals surface area (Å²) < 4.78 is 18.8. The zero-order valence-corrected chi connectivity index (χ0v) is 18.4. The quantitative estimate of drug-likeness (QED) is 0.781. The molecule has 1 aliphatic heterocycles. The number of aliphatic hydroxyl groups excluding tert-OH is 1. The van der Waals surface area contributed by atoms with Crippen LogP contribution in [0.5, 0.6) is 0 Å². The van der Waals surface area contributed by atoms with Gasteiger partial charge in [0.25, 0.3) is 0 Å². The van der Waals surface area contributed by atoms with Gasteiger partial charge in [0, 0.05) is 6.04 Å². The summed E-state index contributed by atoms with van der Waals surface area (Å²) >= 11 is 0. The fourth-order valence-electron chi connectivity index (χ4n) is 3.56. The van der Waals surface area contributed by atoms with Gasteiger partial charge in [0.15, 0.2) is 0 Å². The molecule has 7 heteroatoms. The number of benzene rings is 2. The van der Waals surface area contributed by atoms with Gasteiger partial charge in [0.1, 0.15) is 11.4 Å². The number of halogens is 1. The van der Waals surface area contributed by atoms with Gasteiger partial charge in [0.2, 0.25) is 5.91 Å². The molecule has 1 N–H and O–H groups in total. The van der Waals surface area contributed by atoms with Gasteiger partial charge < -0.3 is 9.84 Å². The molecule has 3 rings (SSSR count). The van der Waals surface area contributed by atoms with E-state index in [9.17, 15) is 19.1 Å². The van der Waals surface area contributed by atoms with Crippen LogP contribution >= 0.6 is 13.5 Å². The van der Waals surface area contributed by atoms with Gasteiger partial charge in [-0.1, -0.05) is 36.4 Å². The summed E-state index contributed by atoms with van der Waals surface area (Å²) in [7, 11) is 0. The van der Waals surface area contributed by atoms with E-state index in [-0.39, 0.29) is 32.0 Å². The Labute approximate surface area is 183 Å². The zero-order chi connectivity index (χ0) is 21.2. The fraction of sp³-hybridized carbons (Fsp3) is 0.391. The lowest BCUT2D eigenvalue weighted by atomic mass is 9.98. The van der Waals surface area contributed by atoms with E-state index in [0.717, 1.165) is 21.6 Å². The fourth-order valence-corrected chi connectivity index (χ4v) is 3.56. The van der Waals surface area contributed by atoms with E-state index in [1.807, 2.05) is 30.3 Å². The molecule has 1 aliphatic rings. The minimum atomic E-state index is -0.716. The molecule has 2 aromatic carbocycles. The first-order valence-corrected chi connectivity index (χ1v) is 9.70. The minimum Gasteiger partial charge on any atom is -0.443 e. The Morgan fingerprint density at radius 2 is 1.83 bits per heavy atom. The monoisotopic (exact) mass is 433 g/mol. The summed E-state index contributed by atoms with van der Waals surface area (Å²) in [5.74, 6) is -1.29. The van der Waals surface area contributed by atoms with Gasteiger partial charge in [-0.25, -0.2) is 14.1 Å². The lowest BCUT2D eigenvalue weighted by molar-refractivity contribution is -0.132. The van der Waals surface area contributed by atoms with Gasteiger partial charge in [-0.3, -0.25) is 4.79 Å². The van der Waals surface area contributed by atoms with Crippen LogP contribution in [-0.4, -0.2) is 40.3 Å². The van der Waals surface area contributed by atoms with Crippen LogP contribution in [0, 0.1) is 11.7 Å². The number of likely N-dealkylation sites (tertiary alicyclic amines) is 1. The van der Waals surface area contributed by atoms with E-state index in [1.165, 1.54) is 12.1 Å². The highest BCUT2D eigenvalue weighted by molar-refractivity contribution is 7.59. The molecule has 162 valence electrons. The van der Waals surface area contributed by atoms with Crippen LogP contribution in [0.4, 0.5) is 9.18 Å². The summed E-state index contributed by atoms with van der Waals surface area (Å²) in [6, 6.07) is 13.6. The largest absolute Gasteiger partial charge is 0.443 e. The molecule has 2 atom stereocenters. The second-order valence-corrected chi connectivity index (χ2v) is 8.37. The van der Waals surface area contributed by atoms with Gasteiger partial charge in [-0.05, 0) is 62.4 Å². The number of carbonyl (C=O) groups is 2. The van der Waals surface area contributed by atoms with Crippen LogP contribution in [0.3, 0.4) is 0 Å².